The van der Waals surface area contributed by atoms with Gasteiger partial charge in [-0.1, -0.05) is 11.6 Å². The average molecular weight is 480 g/mol. The van der Waals surface area contributed by atoms with Crippen LogP contribution in [0.25, 0.3) is 23.0 Å². The number of likely N-dealkylation sites (N-methyl/N-ethyl adjacent to an activating group) is 1. The average Bonchev–Trinajstić information content (AvgIpc) is 3.39. The van der Waals surface area contributed by atoms with Crippen LogP contribution in [0.5, 0.6) is 0 Å². The van der Waals surface area contributed by atoms with Gasteiger partial charge >= 0.3 is 0 Å². The normalized spacial score (nSPS) is 19.2. The molecule has 174 valence electrons. The van der Waals surface area contributed by atoms with Crippen LogP contribution >= 0.6 is 11.6 Å². The van der Waals surface area contributed by atoms with Crippen molar-refractivity contribution in [1.29, 1.82) is 0 Å². The third-order valence-corrected chi connectivity index (χ3v) is 6.46. The monoisotopic (exact) mass is 479 g/mol. The molecule has 8 heteroatoms. The molecule has 0 saturated carbocycles. The molecule has 3 aromatic rings. The van der Waals surface area contributed by atoms with E-state index in [2.05, 4.69) is 15.5 Å². The van der Waals surface area contributed by atoms with E-state index in [1.807, 2.05) is 7.05 Å². The SMILES string of the molecule is CN1CCCC(NC(=O)c2ccc(Cl)c(-c3ccc(/C=C4/C(=O)Nc5ccc(F)cc54)o3)c2)C1. The van der Waals surface area contributed by atoms with Crippen LogP contribution in [0, 0.1) is 5.82 Å². The predicted molar refractivity (Wildman–Crippen MR) is 130 cm³/mol. The van der Waals surface area contributed by atoms with Crippen LogP contribution in [0.1, 0.15) is 34.5 Å². The lowest BCUT2D eigenvalue weighted by Crippen LogP contribution is -2.46. The van der Waals surface area contributed by atoms with Crippen LogP contribution in [0.3, 0.4) is 0 Å². The highest BCUT2D eigenvalue weighted by molar-refractivity contribution is 6.35. The quantitative estimate of drug-likeness (QED) is 0.513. The fourth-order valence-electron chi connectivity index (χ4n) is 4.43. The lowest BCUT2D eigenvalue weighted by molar-refractivity contribution is -0.110. The summed E-state index contributed by atoms with van der Waals surface area (Å²) in [6, 6.07) is 12.7. The summed E-state index contributed by atoms with van der Waals surface area (Å²) in [6.07, 6.45) is 3.56. The number of hydrogen-bond acceptors (Lipinski definition) is 4. The number of anilines is 1. The van der Waals surface area contributed by atoms with Crippen LogP contribution < -0.4 is 10.6 Å². The number of likely N-dealkylation sites (tertiary alicyclic amines) is 1. The smallest absolute Gasteiger partial charge is 0.256 e. The Kier molecular flexibility index (Phi) is 5.98. The maximum Gasteiger partial charge on any atom is 0.256 e. The number of fused-ring (bicyclic) bond motifs is 1. The molecular formula is C26H23ClFN3O3. The topological polar surface area (TPSA) is 74.6 Å². The molecule has 0 spiro atoms. The van der Waals surface area contributed by atoms with Gasteiger partial charge < -0.3 is 20.0 Å². The summed E-state index contributed by atoms with van der Waals surface area (Å²) in [5, 5.41) is 6.25. The Morgan fingerprint density at radius 2 is 2.06 bits per heavy atom. The van der Waals surface area contributed by atoms with Gasteiger partial charge in [-0.3, -0.25) is 9.59 Å². The van der Waals surface area contributed by atoms with E-state index >= 15 is 0 Å². The molecule has 1 unspecified atom stereocenters. The number of carbonyl (C=O) groups is 2. The Bertz CT molecular complexity index is 1320. The number of furan rings is 1. The van der Waals surface area contributed by atoms with Crippen LogP contribution in [0.15, 0.2) is 52.9 Å². The van der Waals surface area contributed by atoms with Crippen molar-refractivity contribution in [3.05, 3.63) is 76.3 Å². The number of amides is 2. The van der Waals surface area contributed by atoms with Crippen molar-refractivity contribution in [2.75, 3.05) is 25.5 Å². The number of piperidine rings is 1. The first kappa shape index (κ1) is 22.4. The third-order valence-electron chi connectivity index (χ3n) is 6.13. The second-order valence-electron chi connectivity index (χ2n) is 8.67. The highest BCUT2D eigenvalue weighted by Crippen LogP contribution is 2.35. The zero-order valence-corrected chi connectivity index (χ0v) is 19.3. The Balaban J connectivity index is 1.39. The second-order valence-corrected chi connectivity index (χ2v) is 9.08. The van der Waals surface area contributed by atoms with Gasteiger partial charge in [0.25, 0.3) is 11.8 Å². The molecule has 3 heterocycles. The molecule has 34 heavy (non-hydrogen) atoms. The van der Waals surface area contributed by atoms with Gasteiger partial charge in [-0.15, -0.1) is 0 Å². The number of halogens is 2. The minimum absolute atomic E-state index is 0.109. The second kappa shape index (κ2) is 9.08. The standard InChI is InChI=1S/C26H23ClFN3O3/c1-31-10-2-3-17(14-31)29-25(32)15-4-7-22(27)21(11-15)24-9-6-18(34-24)13-20-19-12-16(28)5-8-23(19)30-26(20)33/h4-9,11-13,17H,2-3,10,14H2,1H3,(H,29,32)(H,30,33)/b20-13+. The number of rotatable bonds is 4. The molecule has 1 saturated heterocycles. The first-order valence-corrected chi connectivity index (χ1v) is 11.5. The van der Waals surface area contributed by atoms with E-state index in [1.165, 1.54) is 18.2 Å². The number of hydrogen-bond donors (Lipinski definition) is 2. The fraction of sp³-hybridized carbons (Fsp3) is 0.231. The zero-order valence-electron chi connectivity index (χ0n) is 18.5. The van der Waals surface area contributed by atoms with E-state index in [0.29, 0.717) is 44.5 Å². The summed E-state index contributed by atoms with van der Waals surface area (Å²) >= 11 is 6.41. The largest absolute Gasteiger partial charge is 0.457 e. The van der Waals surface area contributed by atoms with Crippen molar-refractivity contribution in [3.63, 3.8) is 0 Å². The Labute approximate surface area is 201 Å². The van der Waals surface area contributed by atoms with Crippen LogP contribution in [-0.2, 0) is 4.79 Å². The van der Waals surface area contributed by atoms with Gasteiger partial charge in [0, 0.05) is 35.0 Å². The van der Waals surface area contributed by atoms with Crippen LogP contribution in [0.4, 0.5) is 10.1 Å². The number of carbonyl (C=O) groups excluding carboxylic acids is 2. The minimum atomic E-state index is -0.428. The predicted octanol–water partition coefficient (Wildman–Crippen LogP) is 5.06. The lowest BCUT2D eigenvalue weighted by atomic mass is 10.0. The Hall–Kier alpha value is -3.42. The summed E-state index contributed by atoms with van der Waals surface area (Å²) in [5.41, 5.74) is 2.40. The first-order valence-electron chi connectivity index (χ1n) is 11.1. The summed E-state index contributed by atoms with van der Waals surface area (Å²) in [4.78, 5) is 27.4. The molecule has 1 atom stereocenters. The molecule has 0 radical (unpaired) electrons. The molecule has 1 fully saturated rings. The van der Waals surface area contributed by atoms with Crippen molar-refractivity contribution in [3.8, 4) is 11.3 Å². The molecule has 1 aromatic heterocycles. The number of nitrogens with one attached hydrogen (secondary N) is 2. The van der Waals surface area contributed by atoms with E-state index in [-0.39, 0.29) is 17.9 Å². The summed E-state index contributed by atoms with van der Waals surface area (Å²) < 4.78 is 19.6. The van der Waals surface area contributed by atoms with E-state index in [0.717, 1.165) is 25.9 Å². The minimum Gasteiger partial charge on any atom is -0.457 e. The van der Waals surface area contributed by atoms with Gasteiger partial charge in [0.15, 0.2) is 0 Å². The number of benzene rings is 2. The van der Waals surface area contributed by atoms with E-state index in [1.54, 1.807) is 36.4 Å². The summed E-state index contributed by atoms with van der Waals surface area (Å²) in [6.45, 7) is 1.86. The van der Waals surface area contributed by atoms with Crippen molar-refractivity contribution >= 4 is 40.8 Å². The molecule has 2 N–H and O–H groups in total. The molecule has 5 rings (SSSR count). The third kappa shape index (κ3) is 4.49. The van der Waals surface area contributed by atoms with E-state index in [4.69, 9.17) is 16.0 Å². The van der Waals surface area contributed by atoms with Crippen molar-refractivity contribution in [1.82, 2.24) is 10.2 Å². The highest BCUT2D eigenvalue weighted by Gasteiger charge is 2.25. The lowest BCUT2D eigenvalue weighted by Gasteiger charge is -2.30. The maximum absolute atomic E-state index is 13.7. The van der Waals surface area contributed by atoms with Crippen LogP contribution in [-0.4, -0.2) is 42.9 Å². The summed E-state index contributed by atoms with van der Waals surface area (Å²) in [7, 11) is 2.05. The maximum atomic E-state index is 13.7. The molecule has 2 aliphatic heterocycles. The fourth-order valence-corrected chi connectivity index (χ4v) is 4.64. The number of nitrogens with zero attached hydrogens (tertiary/aromatic N) is 1. The van der Waals surface area contributed by atoms with Crippen molar-refractivity contribution in [2.45, 2.75) is 18.9 Å². The molecule has 6 nitrogen and oxygen atoms in total. The van der Waals surface area contributed by atoms with Gasteiger partial charge in [-0.2, -0.15) is 0 Å². The van der Waals surface area contributed by atoms with E-state index in [9.17, 15) is 14.0 Å². The molecule has 2 amide bonds. The van der Waals surface area contributed by atoms with Gasteiger partial charge in [0.05, 0.1) is 10.6 Å². The molecule has 2 aliphatic rings. The van der Waals surface area contributed by atoms with Crippen molar-refractivity contribution < 1.29 is 18.4 Å². The molecule has 0 aliphatic carbocycles. The van der Waals surface area contributed by atoms with Gasteiger partial charge in [0.2, 0.25) is 0 Å². The van der Waals surface area contributed by atoms with Crippen LogP contribution in [0.2, 0.25) is 5.02 Å². The molecule has 2 aromatic carbocycles. The first-order chi connectivity index (χ1) is 16.4. The Morgan fingerprint density at radius 1 is 1.21 bits per heavy atom. The van der Waals surface area contributed by atoms with Gasteiger partial charge in [-0.25, -0.2) is 4.39 Å². The molecule has 0 bridgehead atoms. The van der Waals surface area contributed by atoms with Gasteiger partial charge in [-0.05, 0) is 81.0 Å². The van der Waals surface area contributed by atoms with Crippen molar-refractivity contribution in [2.24, 2.45) is 0 Å². The Morgan fingerprint density at radius 3 is 2.88 bits per heavy atom. The summed E-state index contributed by atoms with van der Waals surface area (Å²) in [5.74, 6) is -0.0461. The zero-order chi connectivity index (χ0) is 23.8. The highest BCUT2D eigenvalue weighted by atomic mass is 35.5. The molecular weight excluding hydrogens is 457 g/mol. The van der Waals surface area contributed by atoms with Gasteiger partial charge in [0.1, 0.15) is 17.3 Å². The van der Waals surface area contributed by atoms with E-state index < -0.39 is 5.82 Å².